The largest absolute Gasteiger partial charge is 0.497 e. The first kappa shape index (κ1) is 21.9. The lowest BCUT2D eigenvalue weighted by molar-refractivity contribution is -0.124. The Bertz CT molecular complexity index is 844. The summed E-state index contributed by atoms with van der Waals surface area (Å²) < 4.78 is 26.1. The molecule has 0 saturated carbocycles. The Balaban J connectivity index is 2.05. The van der Waals surface area contributed by atoms with Crippen molar-refractivity contribution < 1.29 is 33.3 Å². The van der Waals surface area contributed by atoms with Gasteiger partial charge in [0.1, 0.15) is 28.6 Å². The fraction of sp³-hybridized carbons (Fsp3) is 0.333. The Morgan fingerprint density at radius 1 is 0.897 bits per heavy atom. The predicted molar refractivity (Wildman–Crippen MR) is 106 cm³/mol. The van der Waals surface area contributed by atoms with Gasteiger partial charge in [0.25, 0.3) is 5.91 Å². The van der Waals surface area contributed by atoms with Gasteiger partial charge in [-0.3, -0.25) is 4.79 Å². The Labute approximate surface area is 169 Å². The van der Waals surface area contributed by atoms with Gasteiger partial charge in [-0.05, 0) is 37.3 Å². The highest BCUT2D eigenvalue weighted by molar-refractivity contribution is 5.96. The maximum absolute atomic E-state index is 12.4. The smallest absolute Gasteiger partial charge is 0.346 e. The third kappa shape index (κ3) is 5.31. The van der Waals surface area contributed by atoms with Gasteiger partial charge in [-0.2, -0.15) is 0 Å². The molecule has 0 aliphatic rings. The van der Waals surface area contributed by atoms with E-state index in [-0.39, 0.29) is 5.56 Å². The number of hydrogen-bond acceptors (Lipinski definition) is 7. The van der Waals surface area contributed by atoms with Gasteiger partial charge in [-0.1, -0.05) is 6.07 Å². The molecule has 1 N–H and O–H groups in total. The second-order valence-corrected chi connectivity index (χ2v) is 6.01. The molecule has 1 amide bonds. The van der Waals surface area contributed by atoms with Crippen LogP contribution in [0.1, 0.15) is 28.9 Å². The standard InChI is InChI=1S/C21H25NO7/c1-13(15-11-14(25-2)9-10-16(15)26-3)22-19(23)12-29-21(24)20-17(27-4)7-6-8-18(20)28-5/h6-11,13H,12H2,1-5H3,(H,22,23)/t13-/m1/s1. The lowest BCUT2D eigenvalue weighted by Gasteiger charge is -2.18. The van der Waals surface area contributed by atoms with E-state index in [0.717, 1.165) is 5.56 Å². The lowest BCUT2D eigenvalue weighted by atomic mass is 10.1. The maximum Gasteiger partial charge on any atom is 0.346 e. The van der Waals surface area contributed by atoms with Crippen molar-refractivity contribution in [3.63, 3.8) is 0 Å². The molecule has 0 spiro atoms. The average Bonchev–Trinajstić information content (AvgIpc) is 2.76. The molecule has 8 heteroatoms. The van der Waals surface area contributed by atoms with E-state index in [9.17, 15) is 9.59 Å². The monoisotopic (exact) mass is 403 g/mol. The molecule has 0 heterocycles. The highest BCUT2D eigenvalue weighted by Gasteiger charge is 2.21. The van der Waals surface area contributed by atoms with E-state index in [1.807, 2.05) is 0 Å². The van der Waals surface area contributed by atoms with Crippen molar-refractivity contribution >= 4 is 11.9 Å². The molecule has 0 aliphatic heterocycles. The summed E-state index contributed by atoms with van der Waals surface area (Å²) in [6.07, 6.45) is 0. The molecule has 0 bridgehead atoms. The van der Waals surface area contributed by atoms with Gasteiger partial charge in [0.05, 0.1) is 34.5 Å². The molecule has 2 rings (SSSR count). The van der Waals surface area contributed by atoms with Crippen LogP contribution >= 0.6 is 0 Å². The zero-order chi connectivity index (χ0) is 21.4. The van der Waals surface area contributed by atoms with Crippen molar-refractivity contribution in [1.82, 2.24) is 5.32 Å². The van der Waals surface area contributed by atoms with Gasteiger partial charge in [0, 0.05) is 5.56 Å². The van der Waals surface area contributed by atoms with Gasteiger partial charge >= 0.3 is 5.97 Å². The minimum Gasteiger partial charge on any atom is -0.497 e. The van der Waals surface area contributed by atoms with Crippen LogP contribution in [0, 0.1) is 0 Å². The molecule has 0 saturated heterocycles. The molecular formula is C21H25NO7. The van der Waals surface area contributed by atoms with E-state index in [0.29, 0.717) is 23.0 Å². The number of ether oxygens (including phenoxy) is 5. The summed E-state index contributed by atoms with van der Waals surface area (Å²) in [5.74, 6) is 0.644. The SMILES string of the molecule is COc1ccc(OC)c([C@@H](C)NC(=O)COC(=O)c2c(OC)cccc2OC)c1. The maximum atomic E-state index is 12.4. The second kappa shape index (κ2) is 10.2. The van der Waals surface area contributed by atoms with E-state index in [1.165, 1.54) is 14.2 Å². The first-order valence-electron chi connectivity index (χ1n) is 8.84. The third-order valence-electron chi connectivity index (χ3n) is 4.25. The average molecular weight is 403 g/mol. The van der Waals surface area contributed by atoms with Gasteiger partial charge in [-0.15, -0.1) is 0 Å². The first-order valence-corrected chi connectivity index (χ1v) is 8.84. The number of benzene rings is 2. The fourth-order valence-corrected chi connectivity index (χ4v) is 2.79. The zero-order valence-corrected chi connectivity index (χ0v) is 17.1. The number of methoxy groups -OCH3 is 4. The number of nitrogens with one attached hydrogen (secondary N) is 1. The summed E-state index contributed by atoms with van der Waals surface area (Å²) in [5, 5.41) is 2.77. The van der Waals surface area contributed by atoms with Crippen LogP contribution < -0.4 is 24.3 Å². The minimum absolute atomic E-state index is 0.118. The molecular weight excluding hydrogens is 378 g/mol. The van der Waals surface area contributed by atoms with Crippen molar-refractivity contribution in [3.8, 4) is 23.0 Å². The number of esters is 1. The summed E-state index contributed by atoms with van der Waals surface area (Å²) in [6, 6.07) is 9.79. The fourth-order valence-electron chi connectivity index (χ4n) is 2.79. The second-order valence-electron chi connectivity index (χ2n) is 6.01. The molecule has 29 heavy (non-hydrogen) atoms. The zero-order valence-electron chi connectivity index (χ0n) is 17.1. The van der Waals surface area contributed by atoms with Crippen LogP contribution in [0.2, 0.25) is 0 Å². The molecule has 2 aromatic rings. The van der Waals surface area contributed by atoms with Crippen molar-refractivity contribution in [2.45, 2.75) is 13.0 Å². The van der Waals surface area contributed by atoms with E-state index < -0.39 is 24.5 Å². The topological polar surface area (TPSA) is 92.3 Å². The van der Waals surface area contributed by atoms with E-state index in [2.05, 4.69) is 5.32 Å². The Kier molecular flexibility index (Phi) is 7.70. The first-order chi connectivity index (χ1) is 13.9. The summed E-state index contributed by atoms with van der Waals surface area (Å²) >= 11 is 0. The number of carbonyl (C=O) groups is 2. The van der Waals surface area contributed by atoms with E-state index in [1.54, 1.807) is 57.5 Å². The number of rotatable bonds is 9. The van der Waals surface area contributed by atoms with Crippen LogP contribution in [0.5, 0.6) is 23.0 Å². The number of hydrogen-bond donors (Lipinski definition) is 1. The van der Waals surface area contributed by atoms with Crippen molar-refractivity contribution in [1.29, 1.82) is 0 Å². The highest BCUT2D eigenvalue weighted by Crippen LogP contribution is 2.30. The minimum atomic E-state index is -0.721. The van der Waals surface area contributed by atoms with Crippen LogP contribution in [-0.4, -0.2) is 46.9 Å². The molecule has 8 nitrogen and oxygen atoms in total. The summed E-state index contributed by atoms with van der Waals surface area (Å²) in [5.41, 5.74) is 0.853. The van der Waals surface area contributed by atoms with Gasteiger partial charge in [0.2, 0.25) is 0 Å². The van der Waals surface area contributed by atoms with Crippen molar-refractivity contribution in [2.75, 3.05) is 35.0 Å². The van der Waals surface area contributed by atoms with Crippen LogP contribution in [0.15, 0.2) is 36.4 Å². The van der Waals surface area contributed by atoms with Gasteiger partial charge in [-0.25, -0.2) is 4.79 Å². The molecule has 0 radical (unpaired) electrons. The summed E-state index contributed by atoms with van der Waals surface area (Å²) in [4.78, 5) is 24.8. The third-order valence-corrected chi connectivity index (χ3v) is 4.25. The summed E-state index contributed by atoms with van der Waals surface area (Å²) in [6.45, 7) is 1.33. The molecule has 156 valence electrons. The predicted octanol–water partition coefficient (Wildman–Crippen LogP) is 2.76. The quantitative estimate of drug-likeness (QED) is 0.644. The van der Waals surface area contributed by atoms with E-state index >= 15 is 0 Å². The normalized spacial score (nSPS) is 11.2. The van der Waals surface area contributed by atoms with Crippen molar-refractivity contribution in [2.24, 2.45) is 0 Å². The lowest BCUT2D eigenvalue weighted by Crippen LogP contribution is -2.31. The molecule has 0 aliphatic carbocycles. The summed E-state index contributed by atoms with van der Waals surface area (Å²) in [7, 11) is 5.96. The van der Waals surface area contributed by atoms with Crippen LogP contribution in [0.25, 0.3) is 0 Å². The number of carbonyl (C=O) groups excluding carboxylic acids is 2. The molecule has 0 unspecified atom stereocenters. The Morgan fingerprint density at radius 3 is 2.07 bits per heavy atom. The number of amides is 1. The molecule has 0 aromatic heterocycles. The van der Waals surface area contributed by atoms with E-state index in [4.69, 9.17) is 23.7 Å². The molecule has 0 fully saturated rings. The Morgan fingerprint density at radius 2 is 1.52 bits per heavy atom. The van der Waals surface area contributed by atoms with Crippen LogP contribution in [-0.2, 0) is 9.53 Å². The highest BCUT2D eigenvalue weighted by atomic mass is 16.5. The van der Waals surface area contributed by atoms with Crippen LogP contribution in [0.3, 0.4) is 0 Å². The van der Waals surface area contributed by atoms with Gasteiger partial charge < -0.3 is 29.0 Å². The van der Waals surface area contributed by atoms with Gasteiger partial charge in [0.15, 0.2) is 6.61 Å². The molecule has 1 atom stereocenters. The molecule has 2 aromatic carbocycles. The van der Waals surface area contributed by atoms with Crippen molar-refractivity contribution in [3.05, 3.63) is 47.5 Å². The van der Waals surface area contributed by atoms with Crippen LogP contribution in [0.4, 0.5) is 0 Å². The Hall–Kier alpha value is -3.42.